The molecule has 1 aromatic rings. The molecule has 0 atom stereocenters. The van der Waals surface area contributed by atoms with E-state index in [0.29, 0.717) is 0 Å². The number of benzene rings is 1. The van der Waals surface area contributed by atoms with Crippen LogP contribution in [0.4, 0.5) is 10.1 Å². The van der Waals surface area contributed by atoms with Crippen LogP contribution in [-0.2, 0) is 14.6 Å². The predicted octanol–water partition coefficient (Wildman–Crippen LogP) is 0.138. The van der Waals surface area contributed by atoms with E-state index in [1.165, 1.54) is 18.2 Å². The van der Waals surface area contributed by atoms with Crippen molar-refractivity contribution >= 4 is 21.4 Å². The first-order valence-electron chi connectivity index (χ1n) is 4.89. The molecule has 0 aliphatic heterocycles. The van der Waals surface area contributed by atoms with Crippen molar-refractivity contribution in [3.63, 3.8) is 0 Å². The highest BCUT2D eigenvalue weighted by atomic mass is 32.2. The summed E-state index contributed by atoms with van der Waals surface area (Å²) in [4.78, 5) is 11.4. The fourth-order valence-electron chi connectivity index (χ4n) is 1.21. The number of nitrogens with one attached hydrogen (secondary N) is 1. The van der Waals surface area contributed by atoms with Crippen molar-refractivity contribution in [1.82, 2.24) is 0 Å². The Morgan fingerprint density at radius 3 is 2.71 bits per heavy atom. The van der Waals surface area contributed by atoms with Gasteiger partial charge in [-0.3, -0.25) is 4.79 Å². The molecule has 0 bridgehead atoms. The van der Waals surface area contributed by atoms with Crippen molar-refractivity contribution in [2.45, 2.75) is 0 Å². The van der Waals surface area contributed by atoms with Crippen LogP contribution in [0.25, 0.3) is 0 Å². The topological polar surface area (TPSA) is 89.3 Å². The monoisotopic (exact) mass is 260 g/mol. The molecule has 1 rings (SSSR count). The van der Waals surface area contributed by atoms with Gasteiger partial charge in [-0.05, 0) is 18.2 Å². The van der Waals surface area contributed by atoms with E-state index in [9.17, 15) is 17.6 Å². The van der Waals surface area contributed by atoms with E-state index in [1.807, 2.05) is 0 Å². The number of amides is 1. The van der Waals surface area contributed by atoms with Crippen molar-refractivity contribution in [3.8, 4) is 0 Å². The van der Waals surface area contributed by atoms with E-state index >= 15 is 0 Å². The summed E-state index contributed by atoms with van der Waals surface area (Å²) in [5.41, 5.74) is 5.32. The van der Waals surface area contributed by atoms with E-state index in [2.05, 4.69) is 5.32 Å². The molecule has 0 saturated heterocycles. The predicted molar refractivity (Wildman–Crippen MR) is 62.7 cm³/mol. The van der Waals surface area contributed by atoms with Gasteiger partial charge in [-0.25, -0.2) is 12.8 Å². The summed E-state index contributed by atoms with van der Waals surface area (Å²) in [5.74, 6) is -2.11. The summed E-state index contributed by atoms with van der Waals surface area (Å²) in [7, 11) is -3.49. The summed E-state index contributed by atoms with van der Waals surface area (Å²) in [5, 5.41) is 2.30. The number of carbonyl (C=O) groups excluding carboxylic acids is 1. The number of halogens is 1. The van der Waals surface area contributed by atoms with Crippen molar-refractivity contribution in [2.24, 2.45) is 5.73 Å². The zero-order chi connectivity index (χ0) is 12.9. The van der Waals surface area contributed by atoms with Crippen LogP contribution < -0.4 is 11.1 Å². The minimum Gasteiger partial charge on any atom is -0.329 e. The highest BCUT2D eigenvalue weighted by Crippen LogP contribution is 2.09. The summed E-state index contributed by atoms with van der Waals surface area (Å²) in [6, 6.07) is 5.21. The van der Waals surface area contributed by atoms with Gasteiger partial charge in [0.2, 0.25) is 5.91 Å². The third kappa shape index (κ3) is 4.92. The molecule has 0 aliphatic rings. The average molecular weight is 260 g/mol. The van der Waals surface area contributed by atoms with E-state index < -0.39 is 27.3 Å². The fraction of sp³-hybridized carbons (Fsp3) is 0.300. The molecule has 0 aliphatic carbocycles. The molecule has 0 fully saturated rings. The van der Waals surface area contributed by atoms with E-state index in [0.717, 1.165) is 6.07 Å². The number of nitrogens with two attached hydrogens (primary N) is 1. The molecule has 94 valence electrons. The number of hydrogen-bond donors (Lipinski definition) is 2. The molecule has 0 unspecified atom stereocenters. The number of carbonyl (C=O) groups is 1. The highest BCUT2D eigenvalue weighted by Gasteiger charge is 2.15. The lowest BCUT2D eigenvalue weighted by molar-refractivity contribution is -0.113. The summed E-state index contributed by atoms with van der Waals surface area (Å²) in [6.45, 7) is -0.0322. The molecule has 5 nitrogen and oxygen atoms in total. The van der Waals surface area contributed by atoms with Gasteiger partial charge < -0.3 is 11.1 Å². The Bertz CT molecular complexity index is 502. The minimum atomic E-state index is -3.49. The van der Waals surface area contributed by atoms with Gasteiger partial charge in [-0.1, -0.05) is 6.07 Å². The smallest absolute Gasteiger partial charge is 0.239 e. The number of hydrogen-bond acceptors (Lipinski definition) is 4. The molecule has 1 aromatic carbocycles. The van der Waals surface area contributed by atoms with Gasteiger partial charge in [-0.15, -0.1) is 0 Å². The largest absolute Gasteiger partial charge is 0.329 e. The van der Waals surface area contributed by atoms with Crippen LogP contribution in [0.2, 0.25) is 0 Å². The maximum absolute atomic E-state index is 12.8. The molecule has 0 aromatic heterocycles. The first-order valence-corrected chi connectivity index (χ1v) is 6.71. The molecule has 0 heterocycles. The fourth-order valence-corrected chi connectivity index (χ4v) is 2.19. The van der Waals surface area contributed by atoms with Gasteiger partial charge in [0.05, 0.1) is 5.75 Å². The van der Waals surface area contributed by atoms with Gasteiger partial charge in [0, 0.05) is 12.2 Å². The highest BCUT2D eigenvalue weighted by molar-refractivity contribution is 7.92. The molecule has 1 amide bonds. The molecule has 17 heavy (non-hydrogen) atoms. The number of rotatable bonds is 5. The molecule has 0 spiro atoms. The molecule has 0 radical (unpaired) electrons. The molecule has 0 saturated carbocycles. The maximum atomic E-state index is 12.8. The van der Waals surface area contributed by atoms with Crippen LogP contribution in [0.1, 0.15) is 0 Å². The Morgan fingerprint density at radius 1 is 1.41 bits per heavy atom. The number of sulfone groups is 1. The van der Waals surface area contributed by atoms with Crippen LogP contribution in [0.3, 0.4) is 0 Å². The summed E-state index contributed by atoms with van der Waals surface area (Å²) in [6.07, 6.45) is 0. The van der Waals surface area contributed by atoms with Gasteiger partial charge in [0.15, 0.2) is 9.84 Å². The van der Waals surface area contributed by atoms with Gasteiger partial charge in [0.1, 0.15) is 11.6 Å². The van der Waals surface area contributed by atoms with Crippen LogP contribution in [0, 0.1) is 5.82 Å². The minimum absolute atomic E-state index is 0.0322. The van der Waals surface area contributed by atoms with E-state index in [1.54, 1.807) is 0 Å². The zero-order valence-corrected chi connectivity index (χ0v) is 9.84. The van der Waals surface area contributed by atoms with Crippen molar-refractivity contribution in [1.29, 1.82) is 0 Å². The molecular weight excluding hydrogens is 247 g/mol. The Morgan fingerprint density at radius 2 is 2.12 bits per heavy atom. The van der Waals surface area contributed by atoms with Crippen LogP contribution in [0.15, 0.2) is 24.3 Å². The van der Waals surface area contributed by atoms with Crippen molar-refractivity contribution in [3.05, 3.63) is 30.1 Å². The van der Waals surface area contributed by atoms with Crippen LogP contribution >= 0.6 is 0 Å². The normalized spacial score (nSPS) is 11.2. The summed E-state index contributed by atoms with van der Waals surface area (Å²) < 4.78 is 35.4. The zero-order valence-electron chi connectivity index (χ0n) is 9.02. The maximum Gasteiger partial charge on any atom is 0.239 e. The van der Waals surface area contributed by atoms with Gasteiger partial charge in [-0.2, -0.15) is 0 Å². The lowest BCUT2D eigenvalue weighted by Gasteiger charge is -2.05. The average Bonchev–Trinajstić information content (AvgIpc) is 2.15. The third-order valence-corrected chi connectivity index (χ3v) is 3.45. The first kappa shape index (κ1) is 13.6. The second kappa shape index (κ2) is 5.74. The van der Waals surface area contributed by atoms with E-state index in [4.69, 9.17) is 5.73 Å². The quantitative estimate of drug-likeness (QED) is 0.788. The first-order chi connectivity index (χ1) is 7.93. The van der Waals surface area contributed by atoms with Crippen molar-refractivity contribution in [2.75, 3.05) is 23.4 Å². The molecule has 7 heteroatoms. The van der Waals surface area contributed by atoms with Gasteiger partial charge >= 0.3 is 0 Å². The Labute approximate surface area is 98.7 Å². The lowest BCUT2D eigenvalue weighted by atomic mass is 10.3. The Kier molecular flexibility index (Phi) is 4.59. The second-order valence-corrected chi connectivity index (χ2v) is 5.62. The number of anilines is 1. The second-order valence-electron chi connectivity index (χ2n) is 3.44. The third-order valence-electron chi connectivity index (χ3n) is 1.89. The van der Waals surface area contributed by atoms with Gasteiger partial charge in [0.25, 0.3) is 0 Å². The van der Waals surface area contributed by atoms with E-state index in [-0.39, 0.29) is 18.0 Å². The van der Waals surface area contributed by atoms with Crippen molar-refractivity contribution < 1.29 is 17.6 Å². The van der Waals surface area contributed by atoms with Crippen LogP contribution in [-0.4, -0.2) is 32.4 Å². The summed E-state index contributed by atoms with van der Waals surface area (Å²) >= 11 is 0. The SMILES string of the molecule is NCCS(=O)(=O)CC(=O)Nc1cccc(F)c1. The van der Waals surface area contributed by atoms with Crippen LogP contribution in [0.5, 0.6) is 0 Å². The Hall–Kier alpha value is -1.47. The Balaban J connectivity index is 2.62. The standard InChI is InChI=1S/C10H13FN2O3S/c11-8-2-1-3-9(6-8)13-10(14)7-17(15,16)5-4-12/h1-3,6H,4-5,7,12H2,(H,13,14). The lowest BCUT2D eigenvalue weighted by Crippen LogP contribution is -2.27. The molecule has 3 N–H and O–H groups in total. The molecular formula is C10H13FN2O3S.